The molecule has 0 aliphatic heterocycles. The Hall–Kier alpha value is -0.170. The van der Waals surface area contributed by atoms with Crippen LogP contribution in [-0.2, 0) is 14.2 Å². The van der Waals surface area contributed by atoms with Gasteiger partial charge in [-0.2, -0.15) is 0 Å². The summed E-state index contributed by atoms with van der Waals surface area (Å²) in [6.45, 7) is 2.21. The van der Waals surface area contributed by atoms with E-state index in [0.29, 0.717) is 40.7 Å². The van der Waals surface area contributed by atoms with Crippen LogP contribution in [0.15, 0.2) is 6.07 Å². The van der Waals surface area contributed by atoms with Crippen molar-refractivity contribution in [3.05, 3.63) is 20.3 Å². The van der Waals surface area contributed by atoms with Crippen LogP contribution < -0.4 is 0 Å². The van der Waals surface area contributed by atoms with Crippen molar-refractivity contribution in [3.63, 3.8) is 0 Å². The molecule has 19 heavy (non-hydrogen) atoms. The molecule has 0 bridgehead atoms. The van der Waals surface area contributed by atoms with Crippen molar-refractivity contribution in [2.75, 3.05) is 40.1 Å². The molecular weight excluding hydrogens is 311 g/mol. The predicted molar refractivity (Wildman–Crippen MR) is 76.8 cm³/mol. The van der Waals surface area contributed by atoms with E-state index in [4.69, 9.17) is 37.4 Å². The molecule has 108 valence electrons. The Morgan fingerprint density at radius 3 is 2.58 bits per heavy atom. The van der Waals surface area contributed by atoms with Gasteiger partial charge in [0.05, 0.1) is 23.1 Å². The van der Waals surface area contributed by atoms with E-state index in [-0.39, 0.29) is 12.4 Å². The minimum absolute atomic E-state index is 0.00481. The zero-order chi connectivity index (χ0) is 14.1. The lowest BCUT2D eigenvalue weighted by molar-refractivity contribution is 0.0489. The topological polar surface area (TPSA) is 44.8 Å². The molecule has 1 aromatic rings. The molecule has 0 aromatic carbocycles. The van der Waals surface area contributed by atoms with Gasteiger partial charge in [0.15, 0.2) is 5.78 Å². The van der Waals surface area contributed by atoms with Crippen molar-refractivity contribution in [3.8, 4) is 0 Å². The van der Waals surface area contributed by atoms with Crippen molar-refractivity contribution >= 4 is 40.3 Å². The lowest BCUT2D eigenvalue weighted by Gasteiger charge is -2.04. The maximum Gasteiger partial charge on any atom is 0.190 e. The van der Waals surface area contributed by atoms with E-state index in [1.807, 2.05) is 0 Å². The minimum atomic E-state index is -0.159. The Balaban J connectivity index is 2.09. The quantitative estimate of drug-likeness (QED) is 0.488. The van der Waals surface area contributed by atoms with Crippen LogP contribution in [0.2, 0.25) is 8.67 Å². The molecule has 1 aromatic heterocycles. The number of methoxy groups -OCH3 is 1. The third-order valence-electron chi connectivity index (χ3n) is 2.20. The summed E-state index contributed by atoms with van der Waals surface area (Å²) in [5, 5.41) is 0. The second-order valence-corrected chi connectivity index (χ2v) is 5.96. The summed E-state index contributed by atoms with van der Waals surface area (Å²) < 4.78 is 16.3. The monoisotopic (exact) mass is 326 g/mol. The largest absolute Gasteiger partial charge is 0.382 e. The number of Topliss-reactive ketones (excluding diaryl/α,β-unsaturated/α-hetero) is 1. The Kier molecular flexibility index (Phi) is 8.61. The Morgan fingerprint density at radius 1 is 1.21 bits per heavy atom. The first-order valence-electron chi connectivity index (χ1n) is 5.77. The number of hydrogen-bond donors (Lipinski definition) is 0. The van der Waals surface area contributed by atoms with E-state index >= 15 is 0 Å². The van der Waals surface area contributed by atoms with Gasteiger partial charge in [-0.15, -0.1) is 11.3 Å². The van der Waals surface area contributed by atoms with Crippen molar-refractivity contribution < 1.29 is 19.0 Å². The highest BCUT2D eigenvalue weighted by atomic mass is 35.5. The van der Waals surface area contributed by atoms with Crippen molar-refractivity contribution in [2.24, 2.45) is 0 Å². The molecule has 4 nitrogen and oxygen atoms in total. The number of rotatable bonds is 10. The second kappa shape index (κ2) is 9.69. The van der Waals surface area contributed by atoms with Gasteiger partial charge in [0.25, 0.3) is 0 Å². The summed E-state index contributed by atoms with van der Waals surface area (Å²) in [5.74, 6) is -0.159. The van der Waals surface area contributed by atoms with E-state index in [2.05, 4.69) is 0 Å². The molecule has 0 saturated heterocycles. The van der Waals surface area contributed by atoms with Crippen molar-refractivity contribution in [2.45, 2.75) is 6.42 Å². The number of carbonyl (C=O) groups is 1. The highest BCUT2D eigenvalue weighted by molar-refractivity contribution is 7.20. The van der Waals surface area contributed by atoms with Gasteiger partial charge in [-0.05, 0) is 12.5 Å². The highest BCUT2D eigenvalue weighted by Crippen LogP contribution is 2.31. The lowest BCUT2D eigenvalue weighted by atomic mass is 10.2. The fraction of sp³-hybridized carbons (Fsp3) is 0.583. The fourth-order valence-corrected chi connectivity index (χ4v) is 2.78. The van der Waals surface area contributed by atoms with Crippen LogP contribution >= 0.6 is 34.5 Å². The molecule has 0 N–H and O–H groups in total. The van der Waals surface area contributed by atoms with Crippen molar-refractivity contribution in [1.82, 2.24) is 0 Å². The third kappa shape index (κ3) is 6.70. The average Bonchev–Trinajstić information content (AvgIpc) is 2.71. The first kappa shape index (κ1) is 16.9. The average molecular weight is 327 g/mol. The summed E-state index contributed by atoms with van der Waals surface area (Å²) in [7, 11) is 1.62. The molecule has 0 atom stereocenters. The minimum Gasteiger partial charge on any atom is -0.382 e. The smallest absolute Gasteiger partial charge is 0.190 e. The Labute approximate surface area is 126 Å². The summed E-state index contributed by atoms with van der Waals surface area (Å²) >= 11 is 12.8. The molecule has 0 fully saturated rings. The Morgan fingerprint density at radius 2 is 1.95 bits per heavy atom. The molecule has 0 amide bonds. The highest BCUT2D eigenvalue weighted by Gasteiger charge is 2.13. The molecule has 1 heterocycles. The summed E-state index contributed by atoms with van der Waals surface area (Å²) in [6.07, 6.45) is 0.731. The van der Waals surface area contributed by atoms with Crippen LogP contribution in [0.5, 0.6) is 0 Å². The van der Waals surface area contributed by atoms with Crippen LogP contribution in [0.3, 0.4) is 0 Å². The maximum atomic E-state index is 11.7. The van der Waals surface area contributed by atoms with Gasteiger partial charge in [0.2, 0.25) is 0 Å². The van der Waals surface area contributed by atoms with Gasteiger partial charge in [-0.1, -0.05) is 23.2 Å². The van der Waals surface area contributed by atoms with E-state index < -0.39 is 0 Å². The van der Waals surface area contributed by atoms with Gasteiger partial charge in [-0.25, -0.2) is 0 Å². The molecule has 7 heteroatoms. The Bertz CT molecular complexity index is 395. The molecule has 0 saturated carbocycles. The number of hydrogen-bond acceptors (Lipinski definition) is 5. The standard InChI is InChI=1S/C12H16Cl2O4S/c1-16-5-6-17-3-2-4-18-8-10(15)9-7-11(13)19-12(9)14/h7H,2-6,8H2,1H3. The first-order chi connectivity index (χ1) is 9.15. The molecule has 0 spiro atoms. The van der Waals surface area contributed by atoms with Gasteiger partial charge in [0, 0.05) is 20.3 Å². The number of halogens is 2. The summed E-state index contributed by atoms with van der Waals surface area (Å²) in [4.78, 5) is 11.7. The van der Waals surface area contributed by atoms with Crippen molar-refractivity contribution in [1.29, 1.82) is 0 Å². The molecule has 0 aliphatic carbocycles. The van der Waals surface area contributed by atoms with Crippen LogP contribution in [0.4, 0.5) is 0 Å². The molecular formula is C12H16Cl2O4S. The number of carbonyl (C=O) groups excluding carboxylic acids is 1. The number of ketones is 1. The molecule has 0 aliphatic rings. The van der Waals surface area contributed by atoms with Gasteiger partial charge in [-0.3, -0.25) is 4.79 Å². The normalized spacial score (nSPS) is 10.9. The van der Waals surface area contributed by atoms with Gasteiger partial charge >= 0.3 is 0 Å². The van der Waals surface area contributed by atoms with Crippen LogP contribution in [-0.4, -0.2) is 45.9 Å². The van der Waals surface area contributed by atoms with E-state index in [0.717, 1.165) is 6.42 Å². The zero-order valence-electron chi connectivity index (χ0n) is 10.6. The lowest BCUT2D eigenvalue weighted by Crippen LogP contribution is -2.11. The number of ether oxygens (including phenoxy) is 3. The first-order valence-corrected chi connectivity index (χ1v) is 7.35. The van der Waals surface area contributed by atoms with Gasteiger partial charge in [0.1, 0.15) is 10.9 Å². The maximum absolute atomic E-state index is 11.7. The van der Waals surface area contributed by atoms with Crippen LogP contribution in [0, 0.1) is 0 Å². The second-order valence-electron chi connectivity index (χ2n) is 3.67. The predicted octanol–water partition coefficient (Wildman–Crippen LogP) is 3.31. The van der Waals surface area contributed by atoms with Gasteiger partial charge < -0.3 is 14.2 Å². The fourth-order valence-electron chi connectivity index (χ4n) is 1.28. The summed E-state index contributed by atoms with van der Waals surface area (Å²) in [5.41, 5.74) is 0.424. The SMILES string of the molecule is COCCOCCCOCC(=O)c1cc(Cl)sc1Cl. The third-order valence-corrected chi connectivity index (χ3v) is 3.69. The zero-order valence-corrected chi connectivity index (χ0v) is 12.9. The molecule has 0 radical (unpaired) electrons. The summed E-state index contributed by atoms with van der Waals surface area (Å²) in [6, 6.07) is 1.56. The van der Waals surface area contributed by atoms with E-state index in [1.54, 1.807) is 13.2 Å². The molecule has 0 unspecified atom stereocenters. The van der Waals surface area contributed by atoms with Crippen LogP contribution in [0.25, 0.3) is 0 Å². The number of thiophene rings is 1. The molecule has 1 rings (SSSR count). The van der Waals surface area contributed by atoms with E-state index in [9.17, 15) is 4.79 Å². The van der Waals surface area contributed by atoms with E-state index in [1.165, 1.54) is 11.3 Å². The van der Waals surface area contributed by atoms with Crippen LogP contribution in [0.1, 0.15) is 16.8 Å².